The van der Waals surface area contributed by atoms with Crippen molar-refractivity contribution in [1.29, 1.82) is 0 Å². The summed E-state index contributed by atoms with van der Waals surface area (Å²) in [5, 5.41) is 10.5. The molecule has 0 aliphatic carbocycles. The molecule has 0 unspecified atom stereocenters. The van der Waals surface area contributed by atoms with E-state index in [9.17, 15) is 4.79 Å². The van der Waals surface area contributed by atoms with Crippen LogP contribution in [0.4, 0.5) is 5.69 Å². The average Bonchev–Trinajstić information content (AvgIpc) is 3.11. The Balaban J connectivity index is 1.63. The van der Waals surface area contributed by atoms with Crippen LogP contribution in [0.2, 0.25) is 5.02 Å². The van der Waals surface area contributed by atoms with Gasteiger partial charge in [-0.3, -0.25) is 9.89 Å². The molecule has 25 heavy (non-hydrogen) atoms. The summed E-state index contributed by atoms with van der Waals surface area (Å²) in [7, 11) is 3.99. The van der Waals surface area contributed by atoms with Crippen molar-refractivity contribution in [2.45, 2.75) is 6.54 Å². The van der Waals surface area contributed by atoms with Crippen molar-refractivity contribution >= 4 is 23.2 Å². The molecule has 0 bridgehead atoms. The van der Waals surface area contributed by atoms with Crippen LogP contribution in [0.5, 0.6) is 0 Å². The monoisotopic (exact) mass is 354 g/mol. The van der Waals surface area contributed by atoms with E-state index < -0.39 is 0 Å². The Hall–Kier alpha value is -2.79. The van der Waals surface area contributed by atoms with Crippen LogP contribution in [0.15, 0.2) is 54.6 Å². The second-order valence-corrected chi connectivity index (χ2v) is 6.35. The number of hydrogen-bond acceptors (Lipinski definition) is 3. The molecule has 3 aromatic rings. The van der Waals surface area contributed by atoms with Crippen LogP contribution in [0.3, 0.4) is 0 Å². The number of aromatic nitrogens is 2. The van der Waals surface area contributed by atoms with Crippen LogP contribution in [-0.4, -0.2) is 30.2 Å². The lowest BCUT2D eigenvalue weighted by Gasteiger charge is -2.12. The Morgan fingerprint density at radius 3 is 2.44 bits per heavy atom. The van der Waals surface area contributed by atoms with E-state index in [1.807, 2.05) is 55.4 Å². The standard InChI is InChI=1S/C19H19ClN4O/c1-24(2)16-9-3-13(4-10-16)12-21-19(25)18-11-17(22-23-18)14-5-7-15(20)8-6-14/h3-11H,12H2,1-2H3,(H,21,25)(H,22,23). The van der Waals surface area contributed by atoms with Gasteiger partial charge in [-0.1, -0.05) is 35.9 Å². The zero-order chi connectivity index (χ0) is 17.8. The van der Waals surface area contributed by atoms with Gasteiger partial charge in [-0.05, 0) is 35.9 Å². The highest BCUT2D eigenvalue weighted by atomic mass is 35.5. The molecule has 2 N–H and O–H groups in total. The molecule has 5 nitrogen and oxygen atoms in total. The predicted molar refractivity (Wildman–Crippen MR) is 101 cm³/mol. The number of nitrogens with zero attached hydrogens (tertiary/aromatic N) is 2. The summed E-state index contributed by atoms with van der Waals surface area (Å²) in [6.07, 6.45) is 0. The Morgan fingerprint density at radius 1 is 1.12 bits per heavy atom. The lowest BCUT2D eigenvalue weighted by atomic mass is 10.1. The van der Waals surface area contributed by atoms with Gasteiger partial charge in [0.1, 0.15) is 5.69 Å². The van der Waals surface area contributed by atoms with Crippen molar-refractivity contribution < 1.29 is 4.79 Å². The minimum absolute atomic E-state index is 0.190. The van der Waals surface area contributed by atoms with E-state index in [0.29, 0.717) is 23.0 Å². The first-order valence-electron chi connectivity index (χ1n) is 7.89. The van der Waals surface area contributed by atoms with Gasteiger partial charge < -0.3 is 10.2 Å². The highest BCUT2D eigenvalue weighted by molar-refractivity contribution is 6.30. The number of carbonyl (C=O) groups excluding carboxylic acids is 1. The minimum atomic E-state index is -0.190. The van der Waals surface area contributed by atoms with E-state index in [4.69, 9.17) is 11.6 Å². The Morgan fingerprint density at radius 2 is 1.80 bits per heavy atom. The normalized spacial score (nSPS) is 10.5. The molecule has 0 spiro atoms. The number of rotatable bonds is 5. The fourth-order valence-electron chi connectivity index (χ4n) is 2.40. The molecule has 0 aliphatic heterocycles. The largest absolute Gasteiger partial charge is 0.378 e. The molecule has 0 saturated carbocycles. The summed E-state index contributed by atoms with van der Waals surface area (Å²) in [4.78, 5) is 14.3. The van der Waals surface area contributed by atoms with Crippen molar-refractivity contribution in [3.05, 3.63) is 70.9 Å². The number of nitrogens with one attached hydrogen (secondary N) is 2. The van der Waals surface area contributed by atoms with Gasteiger partial charge in [0, 0.05) is 36.9 Å². The number of anilines is 1. The second-order valence-electron chi connectivity index (χ2n) is 5.92. The third-order valence-electron chi connectivity index (χ3n) is 3.87. The average molecular weight is 355 g/mol. The van der Waals surface area contributed by atoms with Gasteiger partial charge in [0.15, 0.2) is 0 Å². The van der Waals surface area contributed by atoms with Crippen molar-refractivity contribution in [1.82, 2.24) is 15.5 Å². The number of halogens is 1. The number of carbonyl (C=O) groups is 1. The summed E-state index contributed by atoms with van der Waals surface area (Å²) in [6, 6.07) is 17.1. The zero-order valence-electron chi connectivity index (χ0n) is 14.1. The highest BCUT2D eigenvalue weighted by Crippen LogP contribution is 2.20. The molecule has 6 heteroatoms. The van der Waals surface area contributed by atoms with Gasteiger partial charge in [0.25, 0.3) is 5.91 Å². The van der Waals surface area contributed by atoms with Crippen LogP contribution in [0.1, 0.15) is 16.1 Å². The molecule has 0 fully saturated rings. The quantitative estimate of drug-likeness (QED) is 0.734. The summed E-state index contributed by atoms with van der Waals surface area (Å²) in [5.74, 6) is -0.190. The van der Waals surface area contributed by atoms with Gasteiger partial charge in [0.05, 0.1) is 5.69 Å². The molecule has 2 aromatic carbocycles. The lowest BCUT2D eigenvalue weighted by molar-refractivity contribution is 0.0946. The van der Waals surface area contributed by atoms with E-state index in [1.54, 1.807) is 18.2 Å². The Bertz CT molecular complexity index is 854. The van der Waals surface area contributed by atoms with Gasteiger partial charge in [0.2, 0.25) is 0 Å². The smallest absolute Gasteiger partial charge is 0.269 e. The third-order valence-corrected chi connectivity index (χ3v) is 4.12. The number of benzene rings is 2. The maximum atomic E-state index is 12.3. The Labute approximate surface area is 151 Å². The van der Waals surface area contributed by atoms with Gasteiger partial charge in [-0.15, -0.1) is 0 Å². The highest BCUT2D eigenvalue weighted by Gasteiger charge is 2.11. The van der Waals surface area contributed by atoms with Gasteiger partial charge >= 0.3 is 0 Å². The molecule has 128 valence electrons. The second kappa shape index (κ2) is 7.40. The number of aromatic amines is 1. The fourth-order valence-corrected chi connectivity index (χ4v) is 2.52. The fraction of sp³-hybridized carbons (Fsp3) is 0.158. The molecular formula is C19H19ClN4O. The predicted octanol–water partition coefficient (Wildman–Crippen LogP) is 3.73. The topological polar surface area (TPSA) is 61.0 Å². The molecule has 0 aliphatic rings. The van der Waals surface area contributed by atoms with E-state index >= 15 is 0 Å². The van der Waals surface area contributed by atoms with Gasteiger partial charge in [-0.25, -0.2) is 0 Å². The molecule has 0 saturated heterocycles. The third kappa shape index (κ3) is 4.19. The van der Waals surface area contributed by atoms with Crippen LogP contribution < -0.4 is 10.2 Å². The van der Waals surface area contributed by atoms with Crippen LogP contribution >= 0.6 is 11.6 Å². The SMILES string of the molecule is CN(C)c1ccc(CNC(=O)c2cc(-c3ccc(Cl)cc3)n[nH]2)cc1. The maximum absolute atomic E-state index is 12.3. The molecule has 1 amide bonds. The summed E-state index contributed by atoms with van der Waals surface area (Å²) in [5.41, 5.74) is 4.19. The molecule has 1 heterocycles. The molecular weight excluding hydrogens is 336 g/mol. The van der Waals surface area contributed by atoms with E-state index in [-0.39, 0.29) is 5.91 Å². The summed E-state index contributed by atoms with van der Waals surface area (Å²) in [6.45, 7) is 0.460. The lowest BCUT2D eigenvalue weighted by Crippen LogP contribution is -2.23. The Kier molecular flexibility index (Phi) is 5.05. The summed E-state index contributed by atoms with van der Waals surface area (Å²) >= 11 is 5.89. The number of amides is 1. The van der Waals surface area contributed by atoms with Crippen LogP contribution in [0.25, 0.3) is 11.3 Å². The van der Waals surface area contributed by atoms with E-state index in [0.717, 1.165) is 16.8 Å². The van der Waals surface area contributed by atoms with Crippen molar-refractivity contribution in [2.24, 2.45) is 0 Å². The van der Waals surface area contributed by atoms with E-state index in [2.05, 4.69) is 15.5 Å². The van der Waals surface area contributed by atoms with Crippen molar-refractivity contribution in [2.75, 3.05) is 19.0 Å². The molecule has 0 atom stereocenters. The zero-order valence-corrected chi connectivity index (χ0v) is 14.8. The molecule has 0 radical (unpaired) electrons. The molecule has 1 aromatic heterocycles. The van der Waals surface area contributed by atoms with Crippen LogP contribution in [0, 0.1) is 0 Å². The first-order chi connectivity index (χ1) is 12.0. The van der Waals surface area contributed by atoms with Gasteiger partial charge in [-0.2, -0.15) is 5.10 Å². The maximum Gasteiger partial charge on any atom is 0.269 e. The minimum Gasteiger partial charge on any atom is -0.378 e. The van der Waals surface area contributed by atoms with Crippen molar-refractivity contribution in [3.63, 3.8) is 0 Å². The first-order valence-corrected chi connectivity index (χ1v) is 8.26. The summed E-state index contributed by atoms with van der Waals surface area (Å²) < 4.78 is 0. The number of hydrogen-bond donors (Lipinski definition) is 2. The van der Waals surface area contributed by atoms with Crippen LogP contribution in [-0.2, 0) is 6.54 Å². The molecule has 3 rings (SSSR count). The number of H-pyrrole nitrogens is 1. The van der Waals surface area contributed by atoms with E-state index in [1.165, 1.54) is 0 Å². The first kappa shape index (κ1) is 17.0. The van der Waals surface area contributed by atoms with Crippen molar-refractivity contribution in [3.8, 4) is 11.3 Å².